The molecule has 3 aromatic rings. The molecule has 1 aliphatic rings. The highest BCUT2D eigenvalue weighted by Gasteiger charge is 2.15. The van der Waals surface area contributed by atoms with Crippen molar-refractivity contribution in [3.8, 4) is 0 Å². The van der Waals surface area contributed by atoms with Gasteiger partial charge in [0.25, 0.3) is 0 Å². The average Bonchev–Trinajstić information content (AvgIpc) is 2.73. The van der Waals surface area contributed by atoms with Crippen LogP contribution in [0.1, 0.15) is 0 Å². The van der Waals surface area contributed by atoms with E-state index in [1.54, 1.807) is 0 Å². The van der Waals surface area contributed by atoms with Crippen LogP contribution in [-0.2, 0) is 9.53 Å². The molecule has 0 aliphatic carbocycles. The summed E-state index contributed by atoms with van der Waals surface area (Å²) in [4.78, 5) is 15.6. The Balaban J connectivity index is 1.35. The van der Waals surface area contributed by atoms with Crippen molar-refractivity contribution in [2.45, 2.75) is 4.90 Å². The van der Waals surface area contributed by atoms with Crippen LogP contribution in [0, 0.1) is 0 Å². The maximum atomic E-state index is 12.3. The Kier molecular flexibility index (Phi) is 6.05. The zero-order valence-electron chi connectivity index (χ0n) is 15.4. The molecule has 1 fully saturated rings. The Bertz CT molecular complexity index is 989. The molecule has 144 valence electrons. The molecule has 3 aromatic carbocycles. The molecule has 6 heteroatoms. The molecule has 1 N–H and O–H groups in total. The first-order valence-electron chi connectivity index (χ1n) is 9.23. The summed E-state index contributed by atoms with van der Waals surface area (Å²) in [5, 5.41) is 5.95. The maximum absolute atomic E-state index is 12.3. The highest BCUT2D eigenvalue weighted by molar-refractivity contribution is 8.00. The molecule has 0 saturated carbocycles. The molecule has 0 aromatic heterocycles. The smallest absolute Gasteiger partial charge is 0.234 e. The fourth-order valence-electron chi connectivity index (χ4n) is 3.25. The summed E-state index contributed by atoms with van der Waals surface area (Å²) in [6.07, 6.45) is 0. The van der Waals surface area contributed by atoms with Crippen LogP contribution in [-0.4, -0.2) is 38.0 Å². The van der Waals surface area contributed by atoms with Crippen LogP contribution in [0.3, 0.4) is 0 Å². The number of carbonyl (C=O) groups is 1. The molecule has 0 atom stereocenters. The van der Waals surface area contributed by atoms with E-state index in [-0.39, 0.29) is 5.91 Å². The number of halogens is 1. The number of ether oxygens (including phenoxy) is 1. The van der Waals surface area contributed by atoms with Gasteiger partial charge in [0, 0.05) is 23.7 Å². The number of anilines is 2. The Hall–Kier alpha value is -2.21. The third kappa shape index (κ3) is 4.61. The predicted molar refractivity (Wildman–Crippen MR) is 118 cm³/mol. The molecule has 1 aliphatic heterocycles. The zero-order chi connectivity index (χ0) is 19.3. The number of carbonyl (C=O) groups excluding carboxylic acids is 1. The van der Waals surface area contributed by atoms with Crippen molar-refractivity contribution >= 4 is 51.4 Å². The average molecular weight is 413 g/mol. The van der Waals surface area contributed by atoms with Crippen LogP contribution >= 0.6 is 23.4 Å². The Morgan fingerprint density at radius 3 is 2.61 bits per heavy atom. The standard InChI is InChI=1S/C22H21ClN2O2S/c23-20-14-18(6-8-21(20)25-9-11-27-12-10-25)24-22(26)15-28-19-7-5-16-3-1-2-4-17(16)13-19/h1-8,13-14H,9-12,15H2,(H,24,26). The lowest BCUT2D eigenvalue weighted by molar-refractivity contribution is -0.113. The van der Waals surface area contributed by atoms with E-state index >= 15 is 0 Å². The minimum absolute atomic E-state index is 0.0478. The van der Waals surface area contributed by atoms with E-state index < -0.39 is 0 Å². The van der Waals surface area contributed by atoms with Crippen molar-refractivity contribution in [3.05, 3.63) is 65.7 Å². The molecule has 0 unspecified atom stereocenters. The molecule has 28 heavy (non-hydrogen) atoms. The second-order valence-electron chi connectivity index (χ2n) is 6.61. The van der Waals surface area contributed by atoms with Gasteiger partial charge in [-0.3, -0.25) is 4.79 Å². The van der Waals surface area contributed by atoms with Crippen LogP contribution in [0.15, 0.2) is 65.6 Å². The van der Waals surface area contributed by atoms with E-state index in [9.17, 15) is 4.79 Å². The van der Waals surface area contributed by atoms with Gasteiger partial charge in [0.15, 0.2) is 0 Å². The lowest BCUT2D eigenvalue weighted by Gasteiger charge is -2.29. The molecule has 0 spiro atoms. The Morgan fingerprint density at radius 1 is 1.04 bits per heavy atom. The fraction of sp³-hybridized carbons (Fsp3) is 0.227. The van der Waals surface area contributed by atoms with Gasteiger partial charge >= 0.3 is 0 Å². The molecule has 4 rings (SSSR count). The second kappa shape index (κ2) is 8.86. The number of hydrogen-bond acceptors (Lipinski definition) is 4. The van der Waals surface area contributed by atoms with E-state index in [4.69, 9.17) is 16.3 Å². The lowest BCUT2D eigenvalue weighted by Crippen LogP contribution is -2.36. The van der Waals surface area contributed by atoms with Crippen LogP contribution in [0.4, 0.5) is 11.4 Å². The number of morpholine rings is 1. The van der Waals surface area contributed by atoms with Crippen LogP contribution in [0.25, 0.3) is 10.8 Å². The molecular weight excluding hydrogens is 392 g/mol. The van der Waals surface area contributed by atoms with E-state index in [1.165, 1.54) is 22.5 Å². The summed E-state index contributed by atoms with van der Waals surface area (Å²) in [5.74, 6) is 0.301. The van der Waals surface area contributed by atoms with Gasteiger partial charge in [-0.05, 0) is 41.1 Å². The fourth-order valence-corrected chi connectivity index (χ4v) is 4.29. The molecule has 4 nitrogen and oxygen atoms in total. The second-order valence-corrected chi connectivity index (χ2v) is 8.07. The Morgan fingerprint density at radius 2 is 1.82 bits per heavy atom. The van der Waals surface area contributed by atoms with Gasteiger partial charge in [-0.1, -0.05) is 41.9 Å². The highest BCUT2D eigenvalue weighted by Crippen LogP contribution is 2.30. The summed E-state index contributed by atoms with van der Waals surface area (Å²) >= 11 is 7.96. The van der Waals surface area contributed by atoms with Crippen molar-refractivity contribution < 1.29 is 9.53 Å². The highest BCUT2D eigenvalue weighted by atomic mass is 35.5. The van der Waals surface area contributed by atoms with Gasteiger partial charge in [-0.2, -0.15) is 0 Å². The number of hydrogen-bond donors (Lipinski definition) is 1. The SMILES string of the molecule is O=C(CSc1ccc2ccccc2c1)Nc1ccc(N2CCOCC2)c(Cl)c1. The van der Waals surface area contributed by atoms with Crippen molar-refractivity contribution in [2.24, 2.45) is 0 Å². The van der Waals surface area contributed by atoms with Gasteiger partial charge in [-0.15, -0.1) is 11.8 Å². The number of thioether (sulfide) groups is 1. The van der Waals surface area contributed by atoms with Crippen LogP contribution in [0.2, 0.25) is 5.02 Å². The van der Waals surface area contributed by atoms with Crippen molar-refractivity contribution in [2.75, 3.05) is 42.3 Å². The molecule has 0 radical (unpaired) electrons. The minimum atomic E-state index is -0.0478. The zero-order valence-corrected chi connectivity index (χ0v) is 16.9. The number of benzene rings is 3. The molecular formula is C22H21ClN2O2S. The number of fused-ring (bicyclic) bond motifs is 1. The van der Waals surface area contributed by atoms with Crippen molar-refractivity contribution in [3.63, 3.8) is 0 Å². The summed E-state index contributed by atoms with van der Waals surface area (Å²) < 4.78 is 5.38. The maximum Gasteiger partial charge on any atom is 0.234 e. The summed E-state index contributed by atoms with van der Waals surface area (Å²) in [7, 11) is 0. The van der Waals surface area contributed by atoms with E-state index in [0.717, 1.165) is 23.7 Å². The van der Waals surface area contributed by atoms with Gasteiger partial charge in [-0.25, -0.2) is 0 Å². The summed E-state index contributed by atoms with van der Waals surface area (Å²) in [6, 6.07) is 20.1. The number of nitrogens with one attached hydrogen (secondary N) is 1. The van der Waals surface area contributed by atoms with Crippen LogP contribution in [0.5, 0.6) is 0 Å². The lowest BCUT2D eigenvalue weighted by atomic mass is 10.1. The number of nitrogens with zero attached hydrogens (tertiary/aromatic N) is 1. The monoisotopic (exact) mass is 412 g/mol. The summed E-state index contributed by atoms with van der Waals surface area (Å²) in [6.45, 7) is 3.07. The van der Waals surface area contributed by atoms with E-state index in [1.807, 2.05) is 36.4 Å². The first kappa shape index (κ1) is 19.1. The van der Waals surface area contributed by atoms with Gasteiger partial charge in [0.2, 0.25) is 5.91 Å². The third-order valence-corrected chi connectivity index (χ3v) is 5.97. The van der Waals surface area contributed by atoms with E-state index in [0.29, 0.717) is 29.7 Å². The minimum Gasteiger partial charge on any atom is -0.378 e. The topological polar surface area (TPSA) is 41.6 Å². The predicted octanol–water partition coefficient (Wildman–Crippen LogP) is 5.06. The van der Waals surface area contributed by atoms with E-state index in [2.05, 4.69) is 34.5 Å². The molecule has 0 bridgehead atoms. The van der Waals surface area contributed by atoms with Gasteiger partial charge in [0.1, 0.15) is 0 Å². The quantitative estimate of drug-likeness (QED) is 0.594. The number of amides is 1. The summed E-state index contributed by atoms with van der Waals surface area (Å²) in [5.41, 5.74) is 1.69. The van der Waals surface area contributed by atoms with Gasteiger partial charge < -0.3 is 15.0 Å². The number of rotatable bonds is 5. The molecule has 1 heterocycles. The van der Waals surface area contributed by atoms with Crippen LogP contribution < -0.4 is 10.2 Å². The molecule has 1 amide bonds. The first-order valence-corrected chi connectivity index (χ1v) is 10.6. The van der Waals surface area contributed by atoms with Gasteiger partial charge in [0.05, 0.1) is 29.7 Å². The normalized spacial score (nSPS) is 14.2. The largest absolute Gasteiger partial charge is 0.378 e. The first-order chi connectivity index (χ1) is 13.7. The van der Waals surface area contributed by atoms with Crippen molar-refractivity contribution in [1.29, 1.82) is 0 Å². The third-order valence-electron chi connectivity index (χ3n) is 4.67. The molecule has 1 saturated heterocycles. The van der Waals surface area contributed by atoms with Crippen molar-refractivity contribution in [1.82, 2.24) is 0 Å². The Labute approximate surface area is 173 Å².